The van der Waals surface area contributed by atoms with Gasteiger partial charge in [-0.25, -0.2) is 13.1 Å². The Hall–Kier alpha value is -2.43. The Morgan fingerprint density at radius 3 is 2.27 bits per heavy atom. The molecule has 10 heteroatoms. The minimum absolute atomic E-state index is 0.0319. The summed E-state index contributed by atoms with van der Waals surface area (Å²) in [6.07, 6.45) is 0.377. The van der Waals surface area contributed by atoms with E-state index in [0.717, 1.165) is 4.90 Å². The maximum absolute atomic E-state index is 13.0. The van der Waals surface area contributed by atoms with E-state index >= 15 is 0 Å². The third-order valence-electron chi connectivity index (χ3n) is 4.77. The van der Waals surface area contributed by atoms with Gasteiger partial charge in [0.15, 0.2) is 11.5 Å². The van der Waals surface area contributed by atoms with Crippen LogP contribution in [0.2, 0.25) is 0 Å². The Morgan fingerprint density at radius 2 is 1.67 bits per heavy atom. The maximum atomic E-state index is 13.0. The van der Waals surface area contributed by atoms with Gasteiger partial charge < -0.3 is 19.5 Å². The van der Waals surface area contributed by atoms with Crippen LogP contribution in [-0.4, -0.2) is 39.4 Å². The lowest BCUT2D eigenvalue weighted by Crippen LogP contribution is -2.23. The first-order chi connectivity index (χ1) is 15.8. The van der Waals surface area contributed by atoms with Gasteiger partial charge in [-0.1, -0.05) is 6.92 Å². The molecule has 1 amide bonds. The molecule has 2 aromatic carbocycles. The summed E-state index contributed by atoms with van der Waals surface area (Å²) in [5.41, 5.74) is 1.18. The zero-order chi connectivity index (χ0) is 24.0. The maximum Gasteiger partial charge on any atom is 0.240 e. The van der Waals surface area contributed by atoms with E-state index in [0.29, 0.717) is 54.7 Å². The molecular formula is C23H30N2O6S2. The number of hydrogen-bond acceptors (Lipinski definition) is 7. The van der Waals surface area contributed by atoms with Crippen molar-refractivity contribution in [3.63, 3.8) is 0 Å². The first kappa shape index (κ1) is 25.2. The van der Waals surface area contributed by atoms with Gasteiger partial charge in [-0.05, 0) is 56.7 Å². The van der Waals surface area contributed by atoms with Crippen molar-refractivity contribution in [1.82, 2.24) is 4.72 Å². The average molecular weight is 495 g/mol. The van der Waals surface area contributed by atoms with Crippen molar-refractivity contribution in [2.45, 2.75) is 55.7 Å². The van der Waals surface area contributed by atoms with Crippen molar-refractivity contribution in [2.24, 2.45) is 0 Å². The number of rotatable bonds is 10. The highest BCUT2D eigenvalue weighted by Crippen LogP contribution is 2.39. The molecule has 180 valence electrons. The number of fused-ring (bicyclic) bond motifs is 1. The van der Waals surface area contributed by atoms with Gasteiger partial charge in [0.2, 0.25) is 21.7 Å². The molecule has 33 heavy (non-hydrogen) atoms. The minimum atomic E-state index is -3.83. The van der Waals surface area contributed by atoms with Crippen LogP contribution in [0.1, 0.15) is 39.7 Å². The quantitative estimate of drug-likeness (QED) is 0.511. The summed E-state index contributed by atoms with van der Waals surface area (Å²) in [4.78, 5) is 13.0. The van der Waals surface area contributed by atoms with Crippen molar-refractivity contribution in [3.05, 3.63) is 35.9 Å². The van der Waals surface area contributed by atoms with Crippen LogP contribution in [-0.2, 0) is 21.4 Å². The molecule has 0 aromatic heterocycles. The number of sulfonamides is 1. The lowest BCUT2D eigenvalue weighted by molar-refractivity contribution is -0.116. The van der Waals surface area contributed by atoms with Crippen LogP contribution in [0.3, 0.4) is 0 Å². The molecule has 0 saturated heterocycles. The normalized spacial score (nSPS) is 15.9. The van der Waals surface area contributed by atoms with Crippen LogP contribution in [0.4, 0.5) is 5.69 Å². The first-order valence-electron chi connectivity index (χ1n) is 10.9. The van der Waals surface area contributed by atoms with E-state index < -0.39 is 10.0 Å². The van der Waals surface area contributed by atoms with Crippen molar-refractivity contribution in [3.8, 4) is 17.2 Å². The van der Waals surface area contributed by atoms with Gasteiger partial charge in [0.25, 0.3) is 0 Å². The fraction of sp³-hybridized carbons (Fsp3) is 0.435. The van der Waals surface area contributed by atoms with Gasteiger partial charge in [-0.15, -0.1) is 11.8 Å². The van der Waals surface area contributed by atoms with Crippen LogP contribution in [0.25, 0.3) is 0 Å². The Kier molecular flexibility index (Phi) is 8.50. The summed E-state index contributed by atoms with van der Waals surface area (Å²) in [6.45, 7) is 8.90. The lowest BCUT2D eigenvalue weighted by atomic mass is 10.2. The summed E-state index contributed by atoms with van der Waals surface area (Å²) in [5, 5.41) is 2.92. The van der Waals surface area contributed by atoms with Gasteiger partial charge in [-0.2, -0.15) is 0 Å². The minimum Gasteiger partial charge on any atom is -0.490 e. The predicted molar refractivity (Wildman–Crippen MR) is 129 cm³/mol. The molecule has 3 rings (SSSR count). The lowest BCUT2D eigenvalue weighted by Gasteiger charge is -2.17. The number of carbonyl (C=O) groups excluding carboxylic acids is 1. The second-order valence-electron chi connectivity index (χ2n) is 7.38. The fourth-order valence-corrected chi connectivity index (χ4v) is 5.50. The van der Waals surface area contributed by atoms with Crippen molar-refractivity contribution < 1.29 is 27.4 Å². The highest BCUT2D eigenvalue weighted by atomic mass is 32.2. The smallest absolute Gasteiger partial charge is 0.240 e. The molecule has 0 radical (unpaired) electrons. The topological polar surface area (TPSA) is 103 Å². The summed E-state index contributed by atoms with van der Waals surface area (Å²) >= 11 is 1.55. The number of carbonyl (C=O) groups is 1. The largest absolute Gasteiger partial charge is 0.490 e. The van der Waals surface area contributed by atoms with E-state index in [1.165, 1.54) is 6.07 Å². The third kappa shape index (κ3) is 6.33. The molecule has 0 bridgehead atoms. The summed E-state index contributed by atoms with van der Waals surface area (Å²) in [7, 11) is -3.83. The molecule has 1 atom stereocenters. The molecule has 0 saturated carbocycles. The van der Waals surface area contributed by atoms with Gasteiger partial charge in [0, 0.05) is 23.1 Å². The second-order valence-corrected chi connectivity index (χ2v) is 10.6. The fourth-order valence-electron chi connectivity index (χ4n) is 3.40. The second kappa shape index (κ2) is 11.1. The first-order valence-corrected chi connectivity index (χ1v) is 13.3. The highest BCUT2D eigenvalue weighted by molar-refractivity contribution is 8.00. The number of amides is 1. The number of anilines is 1. The van der Waals surface area contributed by atoms with Crippen molar-refractivity contribution in [1.29, 1.82) is 0 Å². The third-order valence-corrected chi connectivity index (χ3v) is 7.35. The molecule has 0 aliphatic carbocycles. The van der Waals surface area contributed by atoms with Gasteiger partial charge in [0.05, 0.1) is 30.4 Å². The van der Waals surface area contributed by atoms with E-state index in [1.54, 1.807) is 36.0 Å². The standard InChI is InChI=1S/C23H30N2O6S2/c1-5-29-19-11-16(12-20(30-6-2)23(19)31-7-3)14-24-33(27,28)17-8-9-21-18(13-17)25-22(26)10-15(4)32-21/h8-9,11-13,15,24H,5-7,10,14H2,1-4H3,(H,25,26). The van der Waals surface area contributed by atoms with Crippen LogP contribution < -0.4 is 24.2 Å². The summed E-state index contributed by atoms with van der Waals surface area (Å²) in [6, 6.07) is 8.27. The van der Waals surface area contributed by atoms with E-state index in [-0.39, 0.29) is 22.6 Å². The van der Waals surface area contributed by atoms with E-state index in [2.05, 4.69) is 10.0 Å². The van der Waals surface area contributed by atoms with Crippen LogP contribution in [0, 0.1) is 0 Å². The molecule has 1 aliphatic heterocycles. The number of thioether (sulfide) groups is 1. The Bertz CT molecular complexity index is 1080. The van der Waals surface area contributed by atoms with Crippen molar-refractivity contribution in [2.75, 3.05) is 25.1 Å². The van der Waals surface area contributed by atoms with Gasteiger partial charge >= 0.3 is 0 Å². The molecule has 0 spiro atoms. The van der Waals surface area contributed by atoms with Crippen LogP contribution >= 0.6 is 11.8 Å². The van der Waals surface area contributed by atoms with E-state index in [1.807, 2.05) is 27.7 Å². The van der Waals surface area contributed by atoms with Crippen LogP contribution in [0.15, 0.2) is 40.1 Å². The summed E-state index contributed by atoms with van der Waals surface area (Å²) < 4.78 is 45.7. The molecule has 0 fully saturated rings. The summed E-state index contributed by atoms with van der Waals surface area (Å²) in [5.74, 6) is 1.37. The Balaban J connectivity index is 1.85. The molecule has 8 nitrogen and oxygen atoms in total. The molecular weight excluding hydrogens is 464 g/mol. The number of hydrogen-bond donors (Lipinski definition) is 2. The number of benzene rings is 2. The predicted octanol–water partition coefficient (Wildman–Crippen LogP) is 4.18. The number of nitrogens with one attached hydrogen (secondary N) is 2. The SMILES string of the molecule is CCOc1cc(CNS(=O)(=O)c2ccc3c(c2)NC(=O)CC(C)S3)cc(OCC)c1OCC. The average Bonchev–Trinajstić information content (AvgIpc) is 2.90. The van der Waals surface area contributed by atoms with Gasteiger partial charge in [-0.3, -0.25) is 4.79 Å². The molecule has 1 aliphatic rings. The zero-order valence-corrected chi connectivity index (χ0v) is 20.9. The molecule has 1 unspecified atom stereocenters. The van der Waals surface area contributed by atoms with Crippen LogP contribution in [0.5, 0.6) is 17.2 Å². The molecule has 2 aromatic rings. The highest BCUT2D eigenvalue weighted by Gasteiger charge is 2.23. The molecule has 2 N–H and O–H groups in total. The van der Waals surface area contributed by atoms with E-state index in [9.17, 15) is 13.2 Å². The Morgan fingerprint density at radius 1 is 1.03 bits per heavy atom. The molecule has 1 heterocycles. The van der Waals surface area contributed by atoms with E-state index in [4.69, 9.17) is 14.2 Å². The van der Waals surface area contributed by atoms with Gasteiger partial charge in [0.1, 0.15) is 0 Å². The Labute approximate surface area is 199 Å². The number of ether oxygens (including phenoxy) is 3. The monoisotopic (exact) mass is 494 g/mol. The zero-order valence-electron chi connectivity index (χ0n) is 19.3. The van der Waals surface area contributed by atoms with Crippen molar-refractivity contribution >= 4 is 33.4 Å².